The smallest absolute Gasteiger partial charge is 0.255 e. The summed E-state index contributed by atoms with van der Waals surface area (Å²) < 4.78 is 10.5. The van der Waals surface area contributed by atoms with Crippen LogP contribution in [0.5, 0.6) is 11.5 Å². The molecule has 3 N–H and O–H groups in total. The maximum atomic E-state index is 10.7. The number of nitrogens with one attached hydrogen (secondary N) is 1. The van der Waals surface area contributed by atoms with Crippen LogP contribution in [0.2, 0.25) is 5.02 Å². The van der Waals surface area contributed by atoms with E-state index >= 15 is 0 Å². The van der Waals surface area contributed by atoms with Gasteiger partial charge in [-0.15, -0.1) is 6.58 Å². The van der Waals surface area contributed by atoms with Crippen molar-refractivity contribution in [2.45, 2.75) is 13.0 Å². The minimum atomic E-state index is -0.571. The number of rotatable bonds is 9. The molecule has 0 spiro atoms. The number of ether oxygens (including phenoxy) is 2. The first kappa shape index (κ1) is 16.3. The molecule has 0 bridgehead atoms. The summed E-state index contributed by atoms with van der Waals surface area (Å²) in [6, 6.07) is 3.57. The molecular weight excluding hydrogens is 280 g/mol. The highest BCUT2D eigenvalue weighted by Crippen LogP contribution is 2.36. The molecule has 5 nitrogen and oxygen atoms in total. The predicted molar refractivity (Wildman–Crippen MR) is 79.2 cm³/mol. The van der Waals surface area contributed by atoms with Crippen molar-refractivity contribution in [2.75, 3.05) is 20.3 Å². The van der Waals surface area contributed by atoms with Gasteiger partial charge in [0, 0.05) is 6.54 Å². The van der Waals surface area contributed by atoms with Crippen molar-refractivity contribution >= 4 is 17.5 Å². The molecule has 0 saturated heterocycles. The van der Waals surface area contributed by atoms with E-state index in [1.165, 1.54) is 7.11 Å². The topological polar surface area (TPSA) is 73.6 Å². The zero-order chi connectivity index (χ0) is 15.0. The van der Waals surface area contributed by atoms with Gasteiger partial charge in [0.25, 0.3) is 5.91 Å². The van der Waals surface area contributed by atoms with Crippen LogP contribution < -0.4 is 20.5 Å². The van der Waals surface area contributed by atoms with Crippen LogP contribution in [0.3, 0.4) is 0 Å². The third-order valence-corrected chi connectivity index (χ3v) is 2.78. The number of nitrogens with two attached hydrogens (primary N) is 1. The fraction of sp³-hybridized carbons (Fsp3) is 0.357. The molecule has 0 heterocycles. The van der Waals surface area contributed by atoms with Crippen LogP contribution in [0.4, 0.5) is 0 Å². The molecule has 110 valence electrons. The molecule has 20 heavy (non-hydrogen) atoms. The fourth-order valence-corrected chi connectivity index (χ4v) is 1.88. The number of carbonyl (C=O) groups excluding carboxylic acids is 1. The molecule has 0 unspecified atom stereocenters. The van der Waals surface area contributed by atoms with Gasteiger partial charge in [-0.1, -0.05) is 17.7 Å². The Kier molecular flexibility index (Phi) is 6.90. The summed E-state index contributed by atoms with van der Waals surface area (Å²) in [5.74, 6) is 0.223. The molecule has 0 radical (unpaired) electrons. The molecule has 6 heteroatoms. The zero-order valence-electron chi connectivity index (χ0n) is 11.4. The monoisotopic (exact) mass is 298 g/mol. The summed E-state index contributed by atoms with van der Waals surface area (Å²) in [6.07, 6.45) is 2.74. The van der Waals surface area contributed by atoms with Crippen molar-refractivity contribution < 1.29 is 14.3 Å². The summed E-state index contributed by atoms with van der Waals surface area (Å²) >= 11 is 6.14. The lowest BCUT2D eigenvalue weighted by Crippen LogP contribution is -2.20. The van der Waals surface area contributed by atoms with Crippen molar-refractivity contribution in [3.8, 4) is 11.5 Å². The maximum absolute atomic E-state index is 10.7. The fourth-order valence-electron chi connectivity index (χ4n) is 1.60. The van der Waals surface area contributed by atoms with Gasteiger partial charge < -0.3 is 20.5 Å². The van der Waals surface area contributed by atoms with Crippen LogP contribution >= 0.6 is 11.6 Å². The van der Waals surface area contributed by atoms with E-state index in [9.17, 15) is 4.79 Å². The van der Waals surface area contributed by atoms with Crippen LogP contribution in [-0.4, -0.2) is 26.2 Å². The number of carbonyl (C=O) groups is 1. The Balaban J connectivity index is 2.78. The van der Waals surface area contributed by atoms with E-state index in [0.29, 0.717) is 23.1 Å². The van der Waals surface area contributed by atoms with E-state index in [0.717, 1.165) is 18.5 Å². The molecular formula is C14H19ClN2O3. The second kappa shape index (κ2) is 8.45. The molecule has 1 rings (SSSR count). The van der Waals surface area contributed by atoms with Crippen molar-refractivity contribution in [1.82, 2.24) is 5.32 Å². The van der Waals surface area contributed by atoms with Crippen LogP contribution in [0.25, 0.3) is 0 Å². The average Bonchev–Trinajstić information content (AvgIpc) is 2.41. The molecule has 1 amide bonds. The van der Waals surface area contributed by atoms with Gasteiger partial charge in [-0.05, 0) is 30.7 Å². The lowest BCUT2D eigenvalue weighted by atomic mass is 10.2. The Hall–Kier alpha value is -1.72. The van der Waals surface area contributed by atoms with Crippen molar-refractivity contribution in [1.29, 1.82) is 0 Å². The van der Waals surface area contributed by atoms with E-state index in [2.05, 4.69) is 11.9 Å². The number of methoxy groups -OCH3 is 1. The number of hydrogen-bond donors (Lipinski definition) is 2. The zero-order valence-corrected chi connectivity index (χ0v) is 12.2. The normalized spacial score (nSPS) is 10.1. The Bertz CT molecular complexity index is 478. The van der Waals surface area contributed by atoms with Gasteiger partial charge in [0.05, 0.1) is 12.1 Å². The molecule has 0 fully saturated rings. The summed E-state index contributed by atoms with van der Waals surface area (Å²) in [5, 5.41) is 3.63. The van der Waals surface area contributed by atoms with Crippen molar-refractivity contribution in [3.05, 3.63) is 35.4 Å². The van der Waals surface area contributed by atoms with Gasteiger partial charge in [-0.3, -0.25) is 4.79 Å². The molecule has 1 aromatic carbocycles. The Labute approximate surface area is 123 Å². The Morgan fingerprint density at radius 3 is 2.90 bits per heavy atom. The van der Waals surface area contributed by atoms with E-state index < -0.39 is 5.91 Å². The van der Waals surface area contributed by atoms with Gasteiger partial charge in [-0.25, -0.2) is 0 Å². The first-order chi connectivity index (χ1) is 9.58. The summed E-state index contributed by atoms with van der Waals surface area (Å²) in [5.41, 5.74) is 6.00. The molecule has 0 aliphatic rings. The van der Waals surface area contributed by atoms with E-state index in [1.54, 1.807) is 6.07 Å². The highest BCUT2D eigenvalue weighted by molar-refractivity contribution is 6.32. The highest BCUT2D eigenvalue weighted by Gasteiger charge is 2.12. The largest absolute Gasteiger partial charge is 0.493 e. The SMILES string of the molecule is C=CCCNCc1cc(Cl)c(OCC(N)=O)c(OC)c1. The molecule has 0 atom stereocenters. The average molecular weight is 299 g/mol. The number of benzene rings is 1. The first-order valence-electron chi connectivity index (χ1n) is 6.17. The van der Waals surface area contributed by atoms with Crippen molar-refractivity contribution in [3.63, 3.8) is 0 Å². The van der Waals surface area contributed by atoms with Gasteiger partial charge in [-0.2, -0.15) is 0 Å². The van der Waals surface area contributed by atoms with Crippen LogP contribution in [-0.2, 0) is 11.3 Å². The van der Waals surface area contributed by atoms with Gasteiger partial charge in [0.2, 0.25) is 0 Å². The third-order valence-electron chi connectivity index (χ3n) is 2.50. The number of primary amides is 1. The van der Waals surface area contributed by atoms with E-state index in [1.807, 2.05) is 12.1 Å². The Morgan fingerprint density at radius 1 is 1.55 bits per heavy atom. The Morgan fingerprint density at radius 2 is 2.30 bits per heavy atom. The second-order valence-electron chi connectivity index (χ2n) is 4.12. The van der Waals surface area contributed by atoms with Crippen LogP contribution in [0, 0.1) is 0 Å². The first-order valence-corrected chi connectivity index (χ1v) is 6.55. The minimum Gasteiger partial charge on any atom is -0.493 e. The number of amides is 1. The molecule has 0 aliphatic heterocycles. The molecule has 1 aromatic rings. The predicted octanol–water partition coefficient (Wildman–Crippen LogP) is 1.88. The lowest BCUT2D eigenvalue weighted by Gasteiger charge is -2.13. The molecule has 0 aliphatic carbocycles. The van der Waals surface area contributed by atoms with Crippen LogP contribution in [0.15, 0.2) is 24.8 Å². The molecule has 0 saturated carbocycles. The van der Waals surface area contributed by atoms with E-state index in [-0.39, 0.29) is 6.61 Å². The van der Waals surface area contributed by atoms with Gasteiger partial charge in [0.15, 0.2) is 18.1 Å². The molecule has 0 aromatic heterocycles. The standard InChI is InChI=1S/C14H19ClN2O3/c1-3-4-5-17-8-10-6-11(15)14(12(7-10)19-2)20-9-13(16)18/h3,6-7,17H,1,4-5,8-9H2,2H3,(H2,16,18). The lowest BCUT2D eigenvalue weighted by molar-refractivity contribution is -0.119. The van der Waals surface area contributed by atoms with Crippen molar-refractivity contribution in [2.24, 2.45) is 5.73 Å². The van der Waals surface area contributed by atoms with E-state index in [4.69, 9.17) is 26.8 Å². The summed E-state index contributed by atoms with van der Waals surface area (Å²) in [4.78, 5) is 10.7. The quantitative estimate of drug-likeness (QED) is 0.539. The number of halogens is 1. The summed E-state index contributed by atoms with van der Waals surface area (Å²) in [7, 11) is 1.51. The van der Waals surface area contributed by atoms with Crippen LogP contribution in [0.1, 0.15) is 12.0 Å². The highest BCUT2D eigenvalue weighted by atomic mass is 35.5. The third kappa shape index (κ3) is 5.11. The van der Waals surface area contributed by atoms with Gasteiger partial charge in [0.1, 0.15) is 0 Å². The maximum Gasteiger partial charge on any atom is 0.255 e. The summed E-state index contributed by atoms with van der Waals surface area (Å²) in [6.45, 7) is 4.90. The second-order valence-corrected chi connectivity index (χ2v) is 4.53. The van der Waals surface area contributed by atoms with Gasteiger partial charge >= 0.3 is 0 Å². The minimum absolute atomic E-state index is 0.243. The number of hydrogen-bond acceptors (Lipinski definition) is 4.